The normalized spacial score (nSPS) is 12.5. The van der Waals surface area contributed by atoms with E-state index in [1.807, 2.05) is 6.07 Å². The van der Waals surface area contributed by atoms with Crippen molar-refractivity contribution in [2.24, 2.45) is 5.73 Å². The maximum absolute atomic E-state index is 8.40. The van der Waals surface area contributed by atoms with Gasteiger partial charge in [-0.3, -0.25) is 0 Å². The van der Waals surface area contributed by atoms with E-state index in [9.17, 15) is 0 Å². The Balaban J connectivity index is 3.07. The van der Waals surface area contributed by atoms with Crippen LogP contribution in [0.5, 0.6) is 0 Å². The molecule has 11 heavy (non-hydrogen) atoms. The Kier molecular flexibility index (Phi) is 2.40. The van der Waals surface area contributed by atoms with E-state index in [0.717, 1.165) is 0 Å². The minimum Gasteiger partial charge on any atom is -0.451 e. The Bertz CT molecular complexity index is 302. The average molecular weight is 191 g/mol. The van der Waals surface area contributed by atoms with Crippen molar-refractivity contribution in [2.45, 2.75) is 6.04 Å². The number of hydrogen-bond acceptors (Lipinski definition) is 3. The van der Waals surface area contributed by atoms with Gasteiger partial charge in [0.15, 0.2) is 0 Å². The lowest BCUT2D eigenvalue weighted by Gasteiger charge is -1.95. The maximum atomic E-state index is 8.40. The molecule has 5 heteroatoms. The summed E-state index contributed by atoms with van der Waals surface area (Å²) in [5.41, 5.74) is 5.76. The van der Waals surface area contributed by atoms with Crippen molar-refractivity contribution < 1.29 is 4.42 Å². The lowest BCUT2D eigenvalue weighted by Crippen LogP contribution is -2.06. The molecule has 0 spiro atoms. The van der Waals surface area contributed by atoms with Crippen LogP contribution >= 0.6 is 23.2 Å². The number of furan rings is 1. The molecule has 1 aromatic heterocycles. The third-order valence-corrected chi connectivity index (χ3v) is 1.95. The van der Waals surface area contributed by atoms with Gasteiger partial charge in [0.1, 0.15) is 11.1 Å². The fraction of sp³-hybridized carbons (Fsp3) is 0.167. The van der Waals surface area contributed by atoms with E-state index < -0.39 is 6.04 Å². The molecule has 1 aromatic rings. The van der Waals surface area contributed by atoms with Gasteiger partial charge in [0.25, 0.3) is 0 Å². The summed E-state index contributed by atoms with van der Waals surface area (Å²) in [7, 11) is 0. The molecule has 0 aliphatic carbocycles. The van der Waals surface area contributed by atoms with Crippen LogP contribution in [0.2, 0.25) is 10.2 Å². The summed E-state index contributed by atoms with van der Waals surface area (Å²) in [6, 6.07) is 1.03. The van der Waals surface area contributed by atoms with E-state index in [1.165, 1.54) is 6.26 Å². The zero-order valence-electron chi connectivity index (χ0n) is 5.34. The van der Waals surface area contributed by atoms with Crippen LogP contribution in [-0.4, -0.2) is 0 Å². The first-order valence-corrected chi connectivity index (χ1v) is 3.50. The Morgan fingerprint density at radius 3 is 2.64 bits per heavy atom. The van der Waals surface area contributed by atoms with Crippen molar-refractivity contribution in [3.05, 3.63) is 22.1 Å². The van der Waals surface area contributed by atoms with Gasteiger partial charge < -0.3 is 10.2 Å². The molecule has 1 rings (SSSR count). The lowest BCUT2D eigenvalue weighted by atomic mass is 10.2. The molecule has 0 aliphatic rings. The van der Waals surface area contributed by atoms with Gasteiger partial charge in [0, 0.05) is 5.56 Å². The van der Waals surface area contributed by atoms with Gasteiger partial charge in [0.05, 0.1) is 12.3 Å². The predicted octanol–water partition coefficient (Wildman–Crippen LogP) is 2.11. The largest absolute Gasteiger partial charge is 0.451 e. The molecule has 1 heterocycles. The molecule has 0 radical (unpaired) electrons. The van der Waals surface area contributed by atoms with Gasteiger partial charge >= 0.3 is 0 Å². The van der Waals surface area contributed by atoms with Gasteiger partial charge in [-0.25, -0.2) is 0 Å². The van der Waals surface area contributed by atoms with E-state index in [0.29, 0.717) is 5.56 Å². The van der Waals surface area contributed by atoms with E-state index >= 15 is 0 Å². The topological polar surface area (TPSA) is 63.0 Å². The Morgan fingerprint density at radius 1 is 1.64 bits per heavy atom. The van der Waals surface area contributed by atoms with Crippen LogP contribution in [0.25, 0.3) is 0 Å². The highest BCUT2D eigenvalue weighted by atomic mass is 35.5. The third kappa shape index (κ3) is 1.48. The average Bonchev–Trinajstić information content (AvgIpc) is 2.32. The van der Waals surface area contributed by atoms with Crippen LogP contribution in [0.3, 0.4) is 0 Å². The Hall–Kier alpha value is -0.690. The summed E-state index contributed by atoms with van der Waals surface area (Å²) >= 11 is 11.1. The first-order valence-electron chi connectivity index (χ1n) is 2.74. The summed E-state index contributed by atoms with van der Waals surface area (Å²) in [6.45, 7) is 0. The first kappa shape index (κ1) is 8.41. The number of nitrogens with zero attached hydrogens (tertiary/aromatic N) is 1. The monoisotopic (exact) mass is 190 g/mol. The molecule has 3 nitrogen and oxygen atoms in total. The van der Waals surface area contributed by atoms with E-state index in [1.54, 1.807) is 0 Å². The Labute approximate surface area is 73.3 Å². The molecule has 0 fully saturated rings. The van der Waals surface area contributed by atoms with Crippen molar-refractivity contribution in [2.75, 3.05) is 0 Å². The van der Waals surface area contributed by atoms with Crippen LogP contribution in [0.1, 0.15) is 11.6 Å². The lowest BCUT2D eigenvalue weighted by molar-refractivity contribution is 0.565. The smallest absolute Gasteiger partial charge is 0.212 e. The van der Waals surface area contributed by atoms with Crippen LogP contribution < -0.4 is 5.73 Å². The van der Waals surface area contributed by atoms with Crippen LogP contribution in [0, 0.1) is 11.3 Å². The Morgan fingerprint density at radius 2 is 2.27 bits per heavy atom. The molecule has 0 saturated heterocycles. The van der Waals surface area contributed by atoms with Crippen LogP contribution in [-0.2, 0) is 0 Å². The number of nitriles is 1. The quantitative estimate of drug-likeness (QED) is 0.739. The SMILES string of the molecule is N#CC(N)c1coc(Cl)c1Cl. The second kappa shape index (κ2) is 3.14. The van der Waals surface area contributed by atoms with Crippen LogP contribution in [0.15, 0.2) is 10.7 Å². The number of rotatable bonds is 1. The molecule has 0 amide bonds. The van der Waals surface area contributed by atoms with E-state index in [-0.39, 0.29) is 10.2 Å². The molecular weight excluding hydrogens is 187 g/mol. The number of hydrogen-bond donors (Lipinski definition) is 1. The number of nitrogens with two attached hydrogens (primary N) is 1. The third-order valence-electron chi connectivity index (χ3n) is 1.19. The van der Waals surface area contributed by atoms with E-state index in [4.69, 9.17) is 38.6 Å². The summed E-state index contributed by atoms with van der Waals surface area (Å²) in [6.07, 6.45) is 1.28. The molecule has 58 valence electrons. The van der Waals surface area contributed by atoms with Gasteiger partial charge in [-0.15, -0.1) is 0 Å². The van der Waals surface area contributed by atoms with Crippen molar-refractivity contribution >= 4 is 23.2 Å². The highest BCUT2D eigenvalue weighted by Crippen LogP contribution is 2.30. The first-order chi connectivity index (χ1) is 5.16. The van der Waals surface area contributed by atoms with Gasteiger partial charge in [-0.1, -0.05) is 11.6 Å². The van der Waals surface area contributed by atoms with Crippen molar-refractivity contribution in [3.63, 3.8) is 0 Å². The maximum Gasteiger partial charge on any atom is 0.212 e. The summed E-state index contributed by atoms with van der Waals surface area (Å²) in [5, 5.41) is 8.67. The molecule has 0 bridgehead atoms. The highest BCUT2D eigenvalue weighted by molar-refractivity contribution is 6.41. The van der Waals surface area contributed by atoms with Gasteiger partial charge in [-0.2, -0.15) is 5.26 Å². The van der Waals surface area contributed by atoms with E-state index in [2.05, 4.69) is 0 Å². The van der Waals surface area contributed by atoms with Gasteiger partial charge in [-0.05, 0) is 11.6 Å². The number of halogens is 2. The fourth-order valence-corrected chi connectivity index (χ4v) is 0.972. The fourth-order valence-electron chi connectivity index (χ4n) is 0.612. The molecule has 1 atom stereocenters. The molecule has 1 unspecified atom stereocenters. The van der Waals surface area contributed by atoms with Gasteiger partial charge in [0.2, 0.25) is 5.22 Å². The summed E-state index contributed by atoms with van der Waals surface area (Å²) in [5.74, 6) is 0. The molecule has 0 saturated carbocycles. The molecule has 0 aliphatic heterocycles. The highest BCUT2D eigenvalue weighted by Gasteiger charge is 2.15. The zero-order chi connectivity index (χ0) is 8.43. The molecule has 0 aromatic carbocycles. The molecule has 2 N–H and O–H groups in total. The van der Waals surface area contributed by atoms with Crippen molar-refractivity contribution in [3.8, 4) is 6.07 Å². The summed E-state index contributed by atoms with van der Waals surface area (Å²) in [4.78, 5) is 0. The second-order valence-electron chi connectivity index (χ2n) is 1.89. The van der Waals surface area contributed by atoms with Crippen molar-refractivity contribution in [1.29, 1.82) is 5.26 Å². The molecular formula is C6H4Cl2N2O. The minimum absolute atomic E-state index is 0.0624. The van der Waals surface area contributed by atoms with Crippen molar-refractivity contribution in [1.82, 2.24) is 0 Å². The summed E-state index contributed by atoms with van der Waals surface area (Å²) < 4.78 is 4.72. The zero-order valence-corrected chi connectivity index (χ0v) is 6.86. The second-order valence-corrected chi connectivity index (χ2v) is 2.61. The standard InChI is InChI=1S/C6H4Cl2N2O/c7-5-3(4(10)1-9)2-11-6(5)8/h2,4H,10H2. The predicted molar refractivity (Wildman–Crippen MR) is 41.3 cm³/mol. The minimum atomic E-state index is -0.779. The van der Waals surface area contributed by atoms with Crippen LogP contribution in [0.4, 0.5) is 0 Å².